The van der Waals surface area contributed by atoms with Gasteiger partial charge in [-0.25, -0.2) is 13.6 Å². The average Bonchev–Trinajstić information content (AvgIpc) is 3.49. The molecule has 1 fully saturated rings. The molecule has 0 saturated heterocycles. The molecule has 6 nitrogen and oxygen atoms in total. The van der Waals surface area contributed by atoms with Crippen LogP contribution in [0.2, 0.25) is 0 Å². The number of carbonyl (C=O) groups excluding carboxylic acids is 1. The summed E-state index contributed by atoms with van der Waals surface area (Å²) >= 11 is 0. The summed E-state index contributed by atoms with van der Waals surface area (Å²) in [6.45, 7) is 6.53. The van der Waals surface area contributed by atoms with E-state index in [0.717, 1.165) is 40.7 Å². The zero-order valence-corrected chi connectivity index (χ0v) is 20.9. The quantitative estimate of drug-likeness (QED) is 0.496. The summed E-state index contributed by atoms with van der Waals surface area (Å²) in [6, 6.07) is 18.5. The Balaban J connectivity index is 0.00000190. The molecule has 5 rings (SSSR count). The SMILES string of the molecule is CC(C)(C)c1ccc(CC(=O)C2(c3ccc4c(c3)OCO4)CC2)cc1-c1cccc(S(N)(=O)=O)c1.[HH].[HH]. The van der Waals surface area contributed by atoms with E-state index in [4.69, 9.17) is 14.6 Å². The molecule has 2 aliphatic rings. The summed E-state index contributed by atoms with van der Waals surface area (Å²) in [7, 11) is -3.83. The van der Waals surface area contributed by atoms with E-state index in [1.165, 1.54) is 6.07 Å². The molecule has 1 aliphatic carbocycles. The number of rotatable bonds is 6. The van der Waals surface area contributed by atoms with Crippen LogP contribution in [0.15, 0.2) is 65.6 Å². The van der Waals surface area contributed by atoms with Crippen molar-refractivity contribution in [1.82, 2.24) is 0 Å². The Morgan fingerprint density at radius 1 is 1.00 bits per heavy atom. The van der Waals surface area contributed by atoms with Crippen LogP contribution in [0.25, 0.3) is 11.1 Å². The van der Waals surface area contributed by atoms with Crippen LogP contribution in [0.5, 0.6) is 11.5 Å². The molecule has 0 atom stereocenters. The van der Waals surface area contributed by atoms with Crippen LogP contribution in [-0.4, -0.2) is 21.0 Å². The normalized spacial score (nSPS) is 16.2. The molecule has 0 aromatic heterocycles. The van der Waals surface area contributed by atoms with Gasteiger partial charge in [0.2, 0.25) is 16.8 Å². The van der Waals surface area contributed by atoms with Crippen LogP contribution < -0.4 is 14.6 Å². The Morgan fingerprint density at radius 2 is 1.74 bits per heavy atom. The molecule has 3 aromatic rings. The number of hydrogen-bond donors (Lipinski definition) is 1. The van der Waals surface area contributed by atoms with Gasteiger partial charge in [-0.1, -0.05) is 57.2 Å². The molecule has 0 amide bonds. The number of ether oxygens (including phenoxy) is 2. The average molecular weight is 496 g/mol. The maximum atomic E-state index is 13.5. The first-order valence-electron chi connectivity index (χ1n) is 11.7. The summed E-state index contributed by atoms with van der Waals surface area (Å²) in [4.78, 5) is 13.6. The second-order valence-corrected chi connectivity index (χ2v) is 12.0. The summed E-state index contributed by atoms with van der Waals surface area (Å²) < 4.78 is 34.8. The molecule has 35 heavy (non-hydrogen) atoms. The van der Waals surface area contributed by atoms with Gasteiger partial charge >= 0.3 is 0 Å². The first-order chi connectivity index (χ1) is 16.5. The number of ketones is 1. The molecule has 0 spiro atoms. The van der Waals surface area contributed by atoms with E-state index in [1.54, 1.807) is 12.1 Å². The predicted octanol–water partition coefficient (Wildman–Crippen LogP) is 5.36. The van der Waals surface area contributed by atoms with Crippen molar-refractivity contribution in [2.45, 2.75) is 55.8 Å². The van der Waals surface area contributed by atoms with E-state index in [1.807, 2.05) is 42.5 Å². The van der Waals surface area contributed by atoms with Crippen LogP contribution in [0, 0.1) is 0 Å². The fraction of sp³-hybridized carbons (Fsp3) is 0.321. The van der Waals surface area contributed by atoms with Crippen molar-refractivity contribution < 1.29 is 25.5 Å². The highest BCUT2D eigenvalue weighted by Crippen LogP contribution is 2.51. The molecule has 0 radical (unpaired) electrons. The van der Waals surface area contributed by atoms with E-state index in [0.29, 0.717) is 17.9 Å². The fourth-order valence-corrected chi connectivity index (χ4v) is 5.40. The lowest BCUT2D eigenvalue weighted by Crippen LogP contribution is -2.22. The van der Waals surface area contributed by atoms with Crippen molar-refractivity contribution in [1.29, 1.82) is 0 Å². The van der Waals surface area contributed by atoms with Crippen LogP contribution in [-0.2, 0) is 32.1 Å². The lowest BCUT2D eigenvalue weighted by atomic mass is 9.80. The molecular weight excluding hydrogens is 462 g/mol. The van der Waals surface area contributed by atoms with Crippen molar-refractivity contribution >= 4 is 15.8 Å². The Hall–Kier alpha value is -3.16. The molecule has 0 unspecified atom stereocenters. The number of nitrogens with two attached hydrogens (primary N) is 1. The number of benzene rings is 3. The third-order valence-corrected chi connectivity index (χ3v) is 7.85. The van der Waals surface area contributed by atoms with E-state index >= 15 is 0 Å². The van der Waals surface area contributed by atoms with Gasteiger partial charge in [-0.15, -0.1) is 0 Å². The highest BCUT2D eigenvalue weighted by atomic mass is 32.2. The molecule has 2 N–H and O–H groups in total. The number of hydrogen-bond acceptors (Lipinski definition) is 5. The smallest absolute Gasteiger partial charge is 0.238 e. The number of fused-ring (bicyclic) bond motifs is 1. The largest absolute Gasteiger partial charge is 0.454 e. The molecule has 1 aliphatic heterocycles. The molecular formula is C28H33NO5S. The van der Waals surface area contributed by atoms with Crippen molar-refractivity contribution in [3.8, 4) is 22.6 Å². The highest BCUT2D eigenvalue weighted by molar-refractivity contribution is 7.89. The second-order valence-electron chi connectivity index (χ2n) is 10.5. The fourth-order valence-electron chi connectivity index (χ4n) is 4.84. The first kappa shape index (κ1) is 23.6. The molecule has 7 heteroatoms. The van der Waals surface area contributed by atoms with Gasteiger partial charge in [-0.2, -0.15) is 0 Å². The van der Waals surface area contributed by atoms with Gasteiger partial charge in [0.15, 0.2) is 11.5 Å². The lowest BCUT2D eigenvalue weighted by molar-refractivity contribution is -0.120. The maximum Gasteiger partial charge on any atom is 0.238 e. The highest BCUT2D eigenvalue weighted by Gasteiger charge is 2.50. The predicted molar refractivity (Wildman–Crippen MR) is 138 cm³/mol. The third-order valence-electron chi connectivity index (χ3n) is 6.94. The van der Waals surface area contributed by atoms with Crippen LogP contribution in [0.4, 0.5) is 0 Å². The minimum atomic E-state index is -3.83. The molecule has 1 saturated carbocycles. The Bertz CT molecular complexity index is 1440. The van der Waals surface area contributed by atoms with E-state index in [-0.39, 0.29) is 25.7 Å². The Morgan fingerprint density at radius 3 is 2.43 bits per heavy atom. The number of primary sulfonamides is 1. The van der Waals surface area contributed by atoms with E-state index < -0.39 is 15.4 Å². The van der Waals surface area contributed by atoms with Crippen molar-refractivity contribution in [3.63, 3.8) is 0 Å². The monoisotopic (exact) mass is 495 g/mol. The number of sulfonamides is 1. The molecule has 186 valence electrons. The van der Waals surface area contributed by atoms with Crippen LogP contribution in [0.1, 0.15) is 53.2 Å². The van der Waals surface area contributed by atoms with E-state index in [9.17, 15) is 13.2 Å². The van der Waals surface area contributed by atoms with E-state index in [2.05, 4.69) is 20.8 Å². The van der Waals surface area contributed by atoms with Crippen molar-refractivity contribution in [2.24, 2.45) is 5.14 Å². The first-order valence-corrected chi connectivity index (χ1v) is 13.2. The van der Waals surface area contributed by atoms with Gasteiger partial charge in [-0.05, 0) is 70.3 Å². The number of carbonyl (C=O) groups is 1. The van der Waals surface area contributed by atoms with Crippen LogP contribution >= 0.6 is 0 Å². The standard InChI is InChI=1S/C28H29NO5S.2H2/c1-27(2,3)23-9-7-18(13-22(23)19-5-4-6-21(15-19)35(29,31)32)14-26(30)28(11-12-28)20-8-10-24-25(16-20)34-17-33-24;;/h4-10,13,15-16H,11-12,14,17H2,1-3H3,(H2,29,31,32);2*1H. The van der Waals surface area contributed by atoms with Crippen LogP contribution in [0.3, 0.4) is 0 Å². The Kier molecular flexibility index (Phi) is 5.53. The van der Waals surface area contributed by atoms with Gasteiger partial charge in [0.1, 0.15) is 5.78 Å². The van der Waals surface area contributed by atoms with Crippen molar-refractivity contribution in [3.05, 3.63) is 77.4 Å². The van der Waals surface area contributed by atoms with Gasteiger partial charge in [-0.3, -0.25) is 4.79 Å². The van der Waals surface area contributed by atoms with Gasteiger partial charge < -0.3 is 9.47 Å². The Labute approximate surface area is 209 Å². The summed E-state index contributed by atoms with van der Waals surface area (Å²) in [6.07, 6.45) is 1.92. The molecule has 1 heterocycles. The third kappa shape index (κ3) is 4.46. The molecule has 0 bridgehead atoms. The minimum absolute atomic E-state index is 0. The zero-order valence-electron chi connectivity index (χ0n) is 20.1. The summed E-state index contributed by atoms with van der Waals surface area (Å²) in [5.74, 6) is 1.57. The number of Topliss-reactive ketones (excluding diaryl/α,β-unsaturated/α-hetero) is 1. The van der Waals surface area contributed by atoms with Gasteiger partial charge in [0.05, 0.1) is 10.3 Å². The van der Waals surface area contributed by atoms with Gasteiger partial charge in [0, 0.05) is 9.27 Å². The minimum Gasteiger partial charge on any atom is -0.454 e. The second kappa shape index (κ2) is 8.21. The van der Waals surface area contributed by atoms with Gasteiger partial charge in [0.25, 0.3) is 0 Å². The lowest BCUT2D eigenvalue weighted by Gasteiger charge is -2.24. The maximum absolute atomic E-state index is 13.5. The molecule has 3 aromatic carbocycles. The zero-order chi connectivity index (χ0) is 25.0. The summed E-state index contributed by atoms with van der Waals surface area (Å²) in [5.41, 5.74) is 3.92. The topological polar surface area (TPSA) is 95.7 Å². The summed E-state index contributed by atoms with van der Waals surface area (Å²) in [5, 5.41) is 5.38. The van der Waals surface area contributed by atoms with Crippen molar-refractivity contribution in [2.75, 3.05) is 6.79 Å².